The van der Waals surface area contributed by atoms with Gasteiger partial charge in [-0.1, -0.05) is 17.3 Å². The van der Waals surface area contributed by atoms with Crippen molar-refractivity contribution in [2.75, 3.05) is 64.2 Å². The molecule has 12 nitrogen and oxygen atoms in total. The highest BCUT2D eigenvalue weighted by Crippen LogP contribution is 2.32. The highest BCUT2D eigenvalue weighted by Gasteiger charge is 2.21. The van der Waals surface area contributed by atoms with Crippen molar-refractivity contribution in [2.45, 2.75) is 26.2 Å². The number of benzene rings is 3. The maximum Gasteiger partial charge on any atom is 0.258 e. The molecule has 1 fully saturated rings. The number of methoxy groups -OCH3 is 1. The van der Waals surface area contributed by atoms with E-state index >= 15 is 0 Å². The second-order valence-corrected chi connectivity index (χ2v) is 11.4. The zero-order valence-corrected chi connectivity index (χ0v) is 27.9. The Bertz CT molecular complexity index is 1760. The van der Waals surface area contributed by atoms with Gasteiger partial charge in [-0.2, -0.15) is 0 Å². The molecule has 3 aromatic carbocycles. The number of ether oxygens (including phenoxy) is 2. The molecule has 2 heterocycles. The Morgan fingerprint density at radius 1 is 1.04 bits per heavy atom. The van der Waals surface area contributed by atoms with Crippen LogP contribution in [0.4, 0.5) is 11.4 Å². The Morgan fingerprint density at radius 3 is 2.57 bits per heavy atom. The van der Waals surface area contributed by atoms with Crippen LogP contribution >= 0.6 is 12.4 Å². The van der Waals surface area contributed by atoms with E-state index in [0.29, 0.717) is 58.1 Å². The molecule has 4 aromatic rings. The fraction of sp³-hybridized carbons (Fsp3) is 0.353. The number of nitrogens with zero attached hydrogens (tertiary/aromatic N) is 5. The van der Waals surface area contributed by atoms with E-state index in [1.54, 1.807) is 43.4 Å². The second-order valence-electron chi connectivity index (χ2n) is 11.4. The first-order valence-electron chi connectivity index (χ1n) is 15.3. The molecule has 0 spiro atoms. The third-order valence-corrected chi connectivity index (χ3v) is 8.15. The molecular weight excluding hydrogens is 622 g/mol. The first kappa shape index (κ1) is 35.0. The summed E-state index contributed by atoms with van der Waals surface area (Å²) >= 11 is 0. The lowest BCUT2D eigenvalue weighted by atomic mass is 10.1. The number of aryl methyl sites for hydroxylation is 1. The van der Waals surface area contributed by atoms with E-state index in [0.717, 1.165) is 50.3 Å². The number of amides is 2. The van der Waals surface area contributed by atoms with Crippen LogP contribution < -0.4 is 19.7 Å². The summed E-state index contributed by atoms with van der Waals surface area (Å²) in [5, 5.41) is 13.4. The van der Waals surface area contributed by atoms with Crippen LogP contribution in [0.2, 0.25) is 0 Å². The van der Waals surface area contributed by atoms with Crippen LogP contribution in [0.1, 0.15) is 45.5 Å². The summed E-state index contributed by atoms with van der Waals surface area (Å²) in [6.45, 7) is 5.97. The topological polar surface area (TPSA) is 133 Å². The molecule has 13 heteroatoms. The van der Waals surface area contributed by atoms with Gasteiger partial charge in [0.2, 0.25) is 0 Å². The number of H-pyrrole nitrogens is 1. The molecule has 0 saturated carbocycles. The summed E-state index contributed by atoms with van der Waals surface area (Å²) in [6.07, 6.45) is 2.20. The van der Waals surface area contributed by atoms with Crippen LogP contribution in [0.25, 0.3) is 11.0 Å². The average Bonchev–Trinajstić information content (AvgIpc) is 3.56. The molecule has 5 rings (SSSR count). The molecule has 1 saturated heterocycles. The smallest absolute Gasteiger partial charge is 0.258 e. The van der Waals surface area contributed by atoms with Gasteiger partial charge in [-0.25, -0.2) is 4.79 Å². The minimum Gasteiger partial charge on any atom is -0.495 e. The second kappa shape index (κ2) is 16.1. The van der Waals surface area contributed by atoms with E-state index < -0.39 is 0 Å². The number of aromatic nitrogens is 3. The molecular formula is C34H40ClN7O5. The zero-order valence-electron chi connectivity index (χ0n) is 27.0. The highest BCUT2D eigenvalue weighted by atomic mass is 35.5. The van der Waals surface area contributed by atoms with E-state index in [-0.39, 0.29) is 24.2 Å². The van der Waals surface area contributed by atoms with E-state index in [1.165, 1.54) is 12.0 Å². The number of aromatic amines is 1. The molecule has 0 bridgehead atoms. The minimum absolute atomic E-state index is 0. The molecule has 0 aliphatic carbocycles. The first-order chi connectivity index (χ1) is 22.3. The van der Waals surface area contributed by atoms with Crippen molar-refractivity contribution >= 4 is 52.6 Å². The number of anilines is 2. The molecule has 2 amide bonds. The molecule has 0 atom stereocenters. The number of rotatable bonds is 12. The fourth-order valence-corrected chi connectivity index (χ4v) is 5.41. The van der Waals surface area contributed by atoms with Gasteiger partial charge in [0.25, 0.3) is 11.8 Å². The molecule has 0 unspecified atom stereocenters. The Hall–Kier alpha value is -4.90. The number of piperazine rings is 1. The van der Waals surface area contributed by atoms with Crippen molar-refractivity contribution in [1.82, 2.24) is 25.2 Å². The zero-order chi connectivity index (χ0) is 32.6. The maximum atomic E-state index is 13.6. The number of halogens is 1. The molecule has 248 valence electrons. The summed E-state index contributed by atoms with van der Waals surface area (Å²) in [5.74, 6) is 2.42. The number of carbonyl (C=O) groups is 2. The van der Waals surface area contributed by atoms with E-state index in [1.807, 2.05) is 25.1 Å². The molecule has 1 aromatic heterocycles. The van der Waals surface area contributed by atoms with Crippen LogP contribution in [0.15, 0.2) is 60.3 Å². The number of nitrogens with one attached hydrogen (secondary N) is 2. The summed E-state index contributed by atoms with van der Waals surface area (Å²) < 4.78 is 11.7. The highest BCUT2D eigenvalue weighted by molar-refractivity contribution is 6.12. The molecule has 0 radical (unpaired) electrons. The number of hydrogen-bond donors (Lipinski definition) is 2. The van der Waals surface area contributed by atoms with E-state index in [4.69, 9.17) is 9.47 Å². The predicted octanol–water partition coefficient (Wildman–Crippen LogP) is 4.74. The third kappa shape index (κ3) is 8.28. The quantitative estimate of drug-likeness (QED) is 0.163. The van der Waals surface area contributed by atoms with Crippen molar-refractivity contribution in [3.05, 3.63) is 77.0 Å². The van der Waals surface area contributed by atoms with E-state index in [2.05, 4.69) is 43.5 Å². The Labute approximate surface area is 280 Å². The van der Waals surface area contributed by atoms with E-state index in [9.17, 15) is 14.4 Å². The minimum atomic E-state index is -0.381. The third-order valence-electron chi connectivity index (χ3n) is 8.15. The summed E-state index contributed by atoms with van der Waals surface area (Å²) in [6, 6.07) is 15.8. The van der Waals surface area contributed by atoms with Gasteiger partial charge in [-0.15, -0.1) is 17.5 Å². The van der Waals surface area contributed by atoms with Crippen LogP contribution in [-0.2, 0) is 4.79 Å². The Morgan fingerprint density at radius 2 is 1.83 bits per heavy atom. The van der Waals surface area contributed by atoms with Crippen molar-refractivity contribution < 1.29 is 23.9 Å². The van der Waals surface area contributed by atoms with Gasteiger partial charge in [0.05, 0.1) is 41.9 Å². The lowest BCUT2D eigenvalue weighted by molar-refractivity contribution is 0.0990. The molecule has 1 aliphatic rings. The average molecular weight is 662 g/mol. The Kier molecular flexibility index (Phi) is 12.0. The van der Waals surface area contributed by atoms with Crippen LogP contribution in [-0.4, -0.2) is 97.0 Å². The maximum absolute atomic E-state index is 13.6. The largest absolute Gasteiger partial charge is 0.495 e. The van der Waals surface area contributed by atoms with Crippen LogP contribution in [0.5, 0.6) is 11.5 Å². The van der Waals surface area contributed by atoms with Gasteiger partial charge in [0.1, 0.15) is 23.0 Å². The lowest BCUT2D eigenvalue weighted by Gasteiger charge is -2.34. The van der Waals surface area contributed by atoms with Gasteiger partial charge >= 0.3 is 0 Å². The van der Waals surface area contributed by atoms with Gasteiger partial charge in [-0.3, -0.25) is 14.7 Å². The normalized spacial score (nSPS) is 13.0. The number of fused-ring (bicyclic) bond motifs is 1. The van der Waals surface area contributed by atoms with Gasteiger partial charge in [-0.05, 0) is 81.3 Å². The lowest BCUT2D eigenvalue weighted by Crippen LogP contribution is -2.44. The number of unbranched alkanes of at least 4 members (excludes halogenated alkanes) is 1. The standard InChI is InChI=1S/C34H39N7O5.ClH/c1-23-11-14-29(31(20-23)46-19-6-5-8-25(22-42)41-17-15-39(2)16-18-41)40(3)34(44)24-12-13-27(30(21-24)45-4)35-33(43)26-9-7-10-28-32(26)37-38-36-28;/h7,9-14,20-21H,5-6,8,15-19H2,1-4H3,(H,35,43)(H,36,37,38);1H. The van der Waals surface area contributed by atoms with Gasteiger partial charge in [0.15, 0.2) is 0 Å². The fourth-order valence-electron chi connectivity index (χ4n) is 5.41. The van der Waals surface area contributed by atoms with Gasteiger partial charge < -0.3 is 29.5 Å². The SMILES string of the molecule is COc1cc(C(=O)N(C)c2ccc(C)cc2OCCCCC(=C=O)N2CCN(C)CC2)ccc1NC(=O)c1cccc2[nH]nnc12.Cl. The van der Waals surface area contributed by atoms with Gasteiger partial charge in [0, 0.05) is 38.8 Å². The number of hydrogen-bond acceptors (Lipinski definition) is 9. The predicted molar refractivity (Wildman–Crippen MR) is 184 cm³/mol. The summed E-state index contributed by atoms with van der Waals surface area (Å²) in [7, 11) is 5.26. The van der Waals surface area contributed by atoms with Crippen molar-refractivity contribution in [1.29, 1.82) is 0 Å². The van der Waals surface area contributed by atoms with Crippen molar-refractivity contribution in [3.63, 3.8) is 0 Å². The molecule has 1 aliphatic heterocycles. The number of likely N-dealkylation sites (N-methyl/N-ethyl adjacent to an activating group) is 1. The van der Waals surface area contributed by atoms with Crippen molar-refractivity contribution in [2.24, 2.45) is 0 Å². The summed E-state index contributed by atoms with van der Waals surface area (Å²) in [4.78, 5) is 44.2. The monoisotopic (exact) mass is 661 g/mol. The Balaban J connectivity index is 0.00000500. The van der Waals surface area contributed by atoms with Crippen molar-refractivity contribution in [3.8, 4) is 11.5 Å². The molecule has 47 heavy (non-hydrogen) atoms. The first-order valence-corrected chi connectivity index (χ1v) is 15.3. The van der Waals surface area contributed by atoms with Crippen LogP contribution in [0, 0.1) is 6.92 Å². The molecule has 2 N–H and O–H groups in total. The number of allylic oxidation sites excluding steroid dienone is 1. The summed E-state index contributed by atoms with van der Waals surface area (Å²) in [5.41, 5.74) is 4.60. The number of carbonyl (C=O) groups excluding carboxylic acids is 3. The van der Waals surface area contributed by atoms with Crippen LogP contribution in [0.3, 0.4) is 0 Å².